The highest BCUT2D eigenvalue weighted by atomic mass is 19.4. The fourth-order valence-electron chi connectivity index (χ4n) is 2.28. The molecule has 1 fully saturated rings. The van der Waals surface area contributed by atoms with Crippen molar-refractivity contribution in [1.29, 1.82) is 0 Å². The number of amides is 1. The number of carbonyl (C=O) groups excluding carboxylic acids is 1. The number of rotatable bonds is 3. The molecular weight excluding hydrogens is 346 g/mol. The third kappa shape index (κ3) is 6.29. The van der Waals surface area contributed by atoms with Gasteiger partial charge in [-0.1, -0.05) is 6.92 Å². The van der Waals surface area contributed by atoms with E-state index in [0.29, 0.717) is 25.1 Å². The van der Waals surface area contributed by atoms with Crippen LogP contribution in [0.1, 0.15) is 19.8 Å². The number of carbonyl (C=O) groups is 2. The van der Waals surface area contributed by atoms with Crippen LogP contribution in [0.4, 0.5) is 23.2 Å². The van der Waals surface area contributed by atoms with Crippen molar-refractivity contribution in [1.82, 2.24) is 10.3 Å². The molecule has 0 spiro atoms. The minimum Gasteiger partial charge on any atom is -0.475 e. The fraction of sp³-hybridized carbons (Fsp3) is 0.533. The number of nitrogens with zero attached hydrogens (tertiary/aromatic N) is 2. The third-order valence-corrected chi connectivity index (χ3v) is 3.44. The summed E-state index contributed by atoms with van der Waals surface area (Å²) in [5, 5.41) is 10.1. The summed E-state index contributed by atoms with van der Waals surface area (Å²) in [6.07, 6.45) is -1.86. The fourth-order valence-corrected chi connectivity index (χ4v) is 2.28. The van der Waals surface area contributed by atoms with Crippen LogP contribution >= 0.6 is 0 Å². The molecule has 25 heavy (non-hydrogen) atoms. The van der Waals surface area contributed by atoms with E-state index in [0.717, 1.165) is 6.54 Å². The molecule has 140 valence electrons. The van der Waals surface area contributed by atoms with Crippen LogP contribution in [0.2, 0.25) is 0 Å². The van der Waals surface area contributed by atoms with E-state index in [9.17, 15) is 22.4 Å². The standard InChI is InChI=1S/C13H18FN3O.C2HF3O2/c1-2-13(18)17(10-4-3-6-15-8-10)12-5-7-16-9-11(12)14;3-2(4,5)1(6)7/h3-4,6,8,11-12,16H,2,5,7,9H2,1H3;(H,6,7)/t11-,12+;/m1./s1. The summed E-state index contributed by atoms with van der Waals surface area (Å²) in [5.74, 6) is -2.81. The minimum absolute atomic E-state index is 0.0578. The lowest BCUT2D eigenvalue weighted by Gasteiger charge is -2.36. The first-order valence-corrected chi connectivity index (χ1v) is 7.55. The number of hydrogen-bond donors (Lipinski definition) is 2. The number of aromatic nitrogens is 1. The number of halogens is 4. The van der Waals surface area contributed by atoms with Crippen LogP contribution in [0.25, 0.3) is 0 Å². The van der Waals surface area contributed by atoms with Crippen LogP contribution in [-0.4, -0.2) is 53.4 Å². The van der Waals surface area contributed by atoms with E-state index in [1.165, 1.54) is 0 Å². The van der Waals surface area contributed by atoms with Gasteiger partial charge in [0.15, 0.2) is 0 Å². The van der Waals surface area contributed by atoms with Gasteiger partial charge in [-0.05, 0) is 25.1 Å². The second kappa shape index (κ2) is 9.30. The Morgan fingerprint density at radius 1 is 1.44 bits per heavy atom. The molecule has 1 aliphatic rings. The largest absolute Gasteiger partial charge is 0.490 e. The maximum absolute atomic E-state index is 14.0. The second-order valence-electron chi connectivity index (χ2n) is 5.21. The number of carboxylic acid groups (broad SMARTS) is 1. The molecule has 2 atom stereocenters. The molecule has 2 N–H and O–H groups in total. The molecule has 0 saturated carbocycles. The molecule has 1 aromatic rings. The molecule has 10 heteroatoms. The SMILES string of the molecule is CCC(=O)N(c1cccnc1)[C@H]1CCNC[C@H]1F.O=C(O)C(F)(F)F. The number of aliphatic carboxylic acids is 1. The maximum Gasteiger partial charge on any atom is 0.490 e. The Morgan fingerprint density at radius 3 is 2.52 bits per heavy atom. The number of pyridine rings is 1. The van der Waals surface area contributed by atoms with Crippen LogP contribution < -0.4 is 10.2 Å². The summed E-state index contributed by atoms with van der Waals surface area (Å²) in [6.45, 7) is 2.83. The van der Waals surface area contributed by atoms with Gasteiger partial charge >= 0.3 is 12.1 Å². The molecule has 1 saturated heterocycles. The molecule has 1 aromatic heterocycles. The van der Waals surface area contributed by atoms with Gasteiger partial charge in [-0.2, -0.15) is 13.2 Å². The lowest BCUT2D eigenvalue weighted by molar-refractivity contribution is -0.192. The molecule has 0 unspecified atom stereocenters. The van der Waals surface area contributed by atoms with Gasteiger partial charge in [0.2, 0.25) is 5.91 Å². The monoisotopic (exact) mass is 365 g/mol. The van der Waals surface area contributed by atoms with Crippen LogP contribution in [-0.2, 0) is 9.59 Å². The van der Waals surface area contributed by atoms with Gasteiger partial charge in [0.1, 0.15) is 6.17 Å². The van der Waals surface area contributed by atoms with Crippen LogP contribution in [0, 0.1) is 0 Å². The number of nitrogens with one attached hydrogen (secondary N) is 1. The lowest BCUT2D eigenvalue weighted by Crippen LogP contribution is -2.53. The van der Waals surface area contributed by atoms with Gasteiger partial charge < -0.3 is 15.3 Å². The van der Waals surface area contributed by atoms with Crippen molar-refractivity contribution >= 4 is 17.6 Å². The van der Waals surface area contributed by atoms with Crippen molar-refractivity contribution < 1.29 is 32.3 Å². The molecule has 2 heterocycles. The average molecular weight is 365 g/mol. The van der Waals surface area contributed by atoms with E-state index < -0.39 is 18.3 Å². The molecule has 2 rings (SSSR count). The van der Waals surface area contributed by atoms with Crippen molar-refractivity contribution in [3.8, 4) is 0 Å². The molecule has 0 aliphatic carbocycles. The third-order valence-electron chi connectivity index (χ3n) is 3.44. The van der Waals surface area contributed by atoms with E-state index in [2.05, 4.69) is 10.3 Å². The smallest absolute Gasteiger partial charge is 0.475 e. The van der Waals surface area contributed by atoms with Crippen LogP contribution in [0.3, 0.4) is 0 Å². The maximum atomic E-state index is 14.0. The molecule has 1 aliphatic heterocycles. The molecule has 0 radical (unpaired) electrons. The molecule has 0 bridgehead atoms. The normalized spacial score (nSPS) is 20.2. The highest BCUT2D eigenvalue weighted by Gasteiger charge is 2.38. The Kier molecular flexibility index (Phi) is 7.75. The number of alkyl halides is 4. The Balaban J connectivity index is 0.000000381. The van der Waals surface area contributed by atoms with E-state index >= 15 is 0 Å². The molecule has 0 aromatic carbocycles. The summed E-state index contributed by atoms with van der Waals surface area (Å²) in [6, 6.07) is 3.18. The molecular formula is C15H19F4N3O3. The quantitative estimate of drug-likeness (QED) is 0.802. The minimum atomic E-state index is -5.08. The predicted molar refractivity (Wildman–Crippen MR) is 81.9 cm³/mol. The predicted octanol–water partition coefficient (Wildman–Crippen LogP) is 2.16. The summed E-state index contributed by atoms with van der Waals surface area (Å²) >= 11 is 0. The van der Waals surface area contributed by atoms with Crippen molar-refractivity contribution in [3.05, 3.63) is 24.5 Å². The number of piperidine rings is 1. The first-order valence-electron chi connectivity index (χ1n) is 7.55. The highest BCUT2D eigenvalue weighted by molar-refractivity contribution is 5.93. The number of carboxylic acids is 1. The van der Waals surface area contributed by atoms with Gasteiger partial charge in [-0.3, -0.25) is 9.78 Å². The molecule has 1 amide bonds. The number of hydrogen-bond acceptors (Lipinski definition) is 4. The topological polar surface area (TPSA) is 82.5 Å². The lowest BCUT2D eigenvalue weighted by atomic mass is 10.0. The van der Waals surface area contributed by atoms with Gasteiger partial charge in [0, 0.05) is 19.2 Å². The summed E-state index contributed by atoms with van der Waals surface area (Å²) < 4.78 is 45.7. The summed E-state index contributed by atoms with van der Waals surface area (Å²) in [7, 11) is 0. The van der Waals surface area contributed by atoms with E-state index in [1.54, 1.807) is 36.4 Å². The zero-order valence-electron chi connectivity index (χ0n) is 13.5. The number of anilines is 1. The Hall–Kier alpha value is -2.23. The zero-order valence-corrected chi connectivity index (χ0v) is 13.5. The van der Waals surface area contributed by atoms with Crippen LogP contribution in [0.15, 0.2) is 24.5 Å². The van der Waals surface area contributed by atoms with Gasteiger partial charge in [0.05, 0.1) is 17.9 Å². The van der Waals surface area contributed by atoms with Gasteiger partial charge in [-0.25, -0.2) is 9.18 Å². The van der Waals surface area contributed by atoms with E-state index in [1.807, 2.05) is 0 Å². The Labute approximate surface area is 141 Å². The average Bonchev–Trinajstić information content (AvgIpc) is 2.57. The van der Waals surface area contributed by atoms with E-state index in [4.69, 9.17) is 9.90 Å². The highest BCUT2D eigenvalue weighted by Crippen LogP contribution is 2.23. The van der Waals surface area contributed by atoms with Crippen molar-refractivity contribution in [2.45, 2.75) is 38.2 Å². The van der Waals surface area contributed by atoms with Gasteiger partial charge in [-0.15, -0.1) is 0 Å². The van der Waals surface area contributed by atoms with Crippen LogP contribution in [0.5, 0.6) is 0 Å². The zero-order chi connectivity index (χ0) is 19.0. The Bertz CT molecular complexity index is 569. The first-order chi connectivity index (χ1) is 11.7. The van der Waals surface area contributed by atoms with E-state index in [-0.39, 0.29) is 11.9 Å². The first kappa shape index (κ1) is 20.8. The summed E-state index contributed by atoms with van der Waals surface area (Å²) in [4.78, 5) is 26.5. The van der Waals surface area contributed by atoms with Crippen molar-refractivity contribution in [3.63, 3.8) is 0 Å². The summed E-state index contributed by atoms with van der Waals surface area (Å²) in [5.41, 5.74) is 0.680. The van der Waals surface area contributed by atoms with Crippen molar-refractivity contribution in [2.24, 2.45) is 0 Å². The van der Waals surface area contributed by atoms with Crippen molar-refractivity contribution in [2.75, 3.05) is 18.0 Å². The molecule has 6 nitrogen and oxygen atoms in total. The second-order valence-corrected chi connectivity index (χ2v) is 5.21. The Morgan fingerprint density at radius 2 is 2.08 bits per heavy atom. The van der Waals surface area contributed by atoms with Gasteiger partial charge in [0.25, 0.3) is 0 Å².